The van der Waals surface area contributed by atoms with Crippen molar-refractivity contribution in [2.45, 2.75) is 51.0 Å². The van der Waals surface area contributed by atoms with Gasteiger partial charge in [0.2, 0.25) is 5.91 Å². The molecule has 1 N–H and O–H groups in total. The lowest BCUT2D eigenvalue weighted by Crippen LogP contribution is -2.53. The number of aromatic nitrogens is 1. The van der Waals surface area contributed by atoms with Crippen molar-refractivity contribution in [3.05, 3.63) is 36.0 Å². The summed E-state index contributed by atoms with van der Waals surface area (Å²) in [4.78, 5) is 30.2. The standard InChI is InChI=1S/C20H24N2O2/c23-19-11-12-22(18-8-4-2-6-16(18)19)20(24)10-9-14-13-21-17-7-3-1-5-15(14)17/h1,3,5,7,13,16,18,21H,2,4,6,8-12H2. The SMILES string of the molecule is O=C1CCN(C(=O)CCc2c[nH]c3ccccc23)C2CCCCC12. The van der Waals surface area contributed by atoms with Gasteiger partial charge >= 0.3 is 0 Å². The van der Waals surface area contributed by atoms with Crippen molar-refractivity contribution in [2.75, 3.05) is 6.54 Å². The Morgan fingerprint density at radius 3 is 2.96 bits per heavy atom. The molecule has 1 aromatic carbocycles. The van der Waals surface area contributed by atoms with E-state index in [1.165, 1.54) is 10.9 Å². The highest BCUT2D eigenvalue weighted by molar-refractivity contribution is 5.87. The van der Waals surface area contributed by atoms with Crippen molar-refractivity contribution in [3.63, 3.8) is 0 Å². The number of carbonyl (C=O) groups excluding carboxylic acids is 2. The van der Waals surface area contributed by atoms with Crippen LogP contribution in [-0.4, -0.2) is 34.2 Å². The number of hydrogen-bond donors (Lipinski definition) is 1. The Morgan fingerprint density at radius 2 is 2.04 bits per heavy atom. The summed E-state index contributed by atoms with van der Waals surface area (Å²) in [7, 11) is 0. The minimum absolute atomic E-state index is 0.101. The molecule has 4 rings (SSSR count). The molecule has 2 heterocycles. The van der Waals surface area contributed by atoms with Crippen LogP contribution in [0.1, 0.15) is 44.1 Å². The van der Waals surface area contributed by atoms with Crippen LogP contribution in [0.3, 0.4) is 0 Å². The lowest BCUT2D eigenvalue weighted by atomic mass is 9.77. The number of para-hydroxylation sites is 1. The van der Waals surface area contributed by atoms with Crippen molar-refractivity contribution < 1.29 is 9.59 Å². The molecule has 1 aliphatic heterocycles. The van der Waals surface area contributed by atoms with Gasteiger partial charge in [0, 0.05) is 48.4 Å². The van der Waals surface area contributed by atoms with Gasteiger partial charge in [0.15, 0.2) is 0 Å². The van der Waals surface area contributed by atoms with E-state index in [0.29, 0.717) is 25.2 Å². The van der Waals surface area contributed by atoms with Crippen molar-refractivity contribution in [2.24, 2.45) is 5.92 Å². The first-order valence-corrected chi connectivity index (χ1v) is 9.11. The number of fused-ring (bicyclic) bond motifs is 2. The van der Waals surface area contributed by atoms with Gasteiger partial charge in [-0.2, -0.15) is 0 Å². The molecule has 1 saturated carbocycles. The fourth-order valence-electron chi connectivity index (χ4n) is 4.48. The quantitative estimate of drug-likeness (QED) is 0.940. The second kappa shape index (κ2) is 6.42. The largest absolute Gasteiger partial charge is 0.361 e. The maximum atomic E-state index is 12.8. The van der Waals surface area contributed by atoms with Crippen LogP contribution < -0.4 is 0 Å². The van der Waals surface area contributed by atoms with Gasteiger partial charge in [0.25, 0.3) is 0 Å². The molecule has 1 aliphatic carbocycles. The molecule has 126 valence electrons. The van der Waals surface area contributed by atoms with E-state index in [1.54, 1.807) is 0 Å². The van der Waals surface area contributed by atoms with Crippen LogP contribution in [0, 0.1) is 5.92 Å². The predicted molar refractivity (Wildman–Crippen MR) is 93.7 cm³/mol. The molecule has 0 bridgehead atoms. The van der Waals surface area contributed by atoms with E-state index >= 15 is 0 Å². The summed E-state index contributed by atoms with van der Waals surface area (Å²) in [6.45, 7) is 0.618. The predicted octanol–water partition coefficient (Wildman–Crippen LogP) is 3.46. The number of likely N-dealkylation sites (tertiary alicyclic amines) is 1. The molecule has 2 unspecified atom stereocenters. The van der Waals surface area contributed by atoms with E-state index in [1.807, 2.05) is 23.2 Å². The van der Waals surface area contributed by atoms with Crippen LogP contribution in [0.25, 0.3) is 10.9 Å². The van der Waals surface area contributed by atoms with Crippen LogP contribution in [0.5, 0.6) is 0 Å². The molecular formula is C20H24N2O2. The first-order valence-electron chi connectivity index (χ1n) is 9.11. The topological polar surface area (TPSA) is 53.2 Å². The van der Waals surface area contributed by atoms with Crippen LogP contribution in [0.4, 0.5) is 0 Å². The molecule has 4 nitrogen and oxygen atoms in total. The number of H-pyrrole nitrogens is 1. The number of amides is 1. The Hall–Kier alpha value is -2.10. The third kappa shape index (κ3) is 2.74. The smallest absolute Gasteiger partial charge is 0.223 e. The summed E-state index contributed by atoms with van der Waals surface area (Å²) >= 11 is 0. The minimum atomic E-state index is 0.101. The number of nitrogens with zero attached hydrogens (tertiary/aromatic N) is 1. The zero-order chi connectivity index (χ0) is 16.5. The molecule has 2 aliphatic rings. The molecule has 0 spiro atoms. The molecule has 4 heteroatoms. The highest BCUT2D eigenvalue weighted by Crippen LogP contribution is 2.34. The highest BCUT2D eigenvalue weighted by Gasteiger charge is 2.40. The van der Waals surface area contributed by atoms with E-state index in [2.05, 4.69) is 17.1 Å². The Balaban J connectivity index is 1.45. The number of piperidine rings is 1. The molecule has 1 aromatic heterocycles. The van der Waals surface area contributed by atoms with Crippen molar-refractivity contribution >= 4 is 22.6 Å². The first kappa shape index (κ1) is 15.4. The number of benzene rings is 1. The van der Waals surface area contributed by atoms with Gasteiger partial charge < -0.3 is 9.88 Å². The van der Waals surface area contributed by atoms with Gasteiger partial charge in [0.05, 0.1) is 0 Å². The van der Waals surface area contributed by atoms with Gasteiger partial charge in [0.1, 0.15) is 5.78 Å². The number of aromatic amines is 1. The van der Waals surface area contributed by atoms with Crippen molar-refractivity contribution in [3.8, 4) is 0 Å². The van der Waals surface area contributed by atoms with E-state index in [9.17, 15) is 9.59 Å². The second-order valence-corrected chi connectivity index (χ2v) is 7.12. The second-order valence-electron chi connectivity index (χ2n) is 7.12. The first-order chi connectivity index (χ1) is 11.7. The Kier molecular flexibility index (Phi) is 4.13. The molecule has 2 atom stereocenters. The summed E-state index contributed by atoms with van der Waals surface area (Å²) in [5.74, 6) is 0.689. The van der Waals surface area contributed by atoms with E-state index in [-0.39, 0.29) is 17.9 Å². The number of ketones is 1. The molecule has 1 amide bonds. The Labute approximate surface area is 142 Å². The minimum Gasteiger partial charge on any atom is -0.361 e. The van der Waals surface area contributed by atoms with E-state index < -0.39 is 0 Å². The van der Waals surface area contributed by atoms with Gasteiger partial charge in [-0.3, -0.25) is 9.59 Å². The number of nitrogens with one attached hydrogen (secondary N) is 1. The Bertz CT molecular complexity index is 764. The monoisotopic (exact) mass is 324 g/mol. The van der Waals surface area contributed by atoms with E-state index in [0.717, 1.165) is 37.6 Å². The van der Waals surface area contributed by atoms with Crippen LogP contribution in [-0.2, 0) is 16.0 Å². The van der Waals surface area contributed by atoms with Crippen molar-refractivity contribution in [1.82, 2.24) is 9.88 Å². The average molecular weight is 324 g/mol. The summed E-state index contributed by atoms with van der Waals surface area (Å²) in [5, 5.41) is 1.20. The summed E-state index contributed by atoms with van der Waals surface area (Å²) in [5.41, 5.74) is 2.32. The summed E-state index contributed by atoms with van der Waals surface area (Å²) in [6, 6.07) is 8.37. The number of rotatable bonds is 3. The van der Waals surface area contributed by atoms with Gasteiger partial charge in [-0.15, -0.1) is 0 Å². The maximum Gasteiger partial charge on any atom is 0.223 e. The molecule has 2 fully saturated rings. The fourth-order valence-corrected chi connectivity index (χ4v) is 4.48. The lowest BCUT2D eigenvalue weighted by Gasteiger charge is -2.43. The Morgan fingerprint density at radius 1 is 1.21 bits per heavy atom. The maximum absolute atomic E-state index is 12.8. The molecule has 1 saturated heterocycles. The van der Waals surface area contributed by atoms with Crippen LogP contribution >= 0.6 is 0 Å². The summed E-state index contributed by atoms with van der Waals surface area (Å²) in [6.07, 6.45) is 8.07. The number of carbonyl (C=O) groups is 2. The van der Waals surface area contributed by atoms with Gasteiger partial charge in [-0.1, -0.05) is 31.0 Å². The van der Waals surface area contributed by atoms with Gasteiger partial charge in [-0.05, 0) is 30.9 Å². The average Bonchev–Trinajstić information content (AvgIpc) is 3.03. The summed E-state index contributed by atoms with van der Waals surface area (Å²) < 4.78 is 0. The van der Waals surface area contributed by atoms with Crippen molar-refractivity contribution in [1.29, 1.82) is 0 Å². The van der Waals surface area contributed by atoms with Crippen LogP contribution in [0.2, 0.25) is 0 Å². The number of Topliss-reactive ketones (excluding diaryl/α,β-unsaturated/α-hetero) is 1. The number of aryl methyl sites for hydroxylation is 1. The fraction of sp³-hybridized carbons (Fsp3) is 0.500. The third-order valence-corrected chi connectivity index (χ3v) is 5.75. The molecular weight excluding hydrogens is 300 g/mol. The number of hydrogen-bond acceptors (Lipinski definition) is 2. The normalized spacial score (nSPS) is 24.2. The zero-order valence-corrected chi connectivity index (χ0v) is 14.0. The third-order valence-electron chi connectivity index (χ3n) is 5.75. The highest BCUT2D eigenvalue weighted by atomic mass is 16.2. The lowest BCUT2D eigenvalue weighted by molar-refractivity contribution is -0.143. The van der Waals surface area contributed by atoms with E-state index in [4.69, 9.17) is 0 Å². The molecule has 0 radical (unpaired) electrons. The zero-order valence-electron chi connectivity index (χ0n) is 14.0. The van der Waals surface area contributed by atoms with Gasteiger partial charge in [-0.25, -0.2) is 0 Å². The molecule has 2 aromatic rings. The van der Waals surface area contributed by atoms with Crippen LogP contribution in [0.15, 0.2) is 30.5 Å². The molecule has 24 heavy (non-hydrogen) atoms.